The maximum atomic E-state index is 5.63. The van der Waals surface area contributed by atoms with E-state index in [0.29, 0.717) is 12.6 Å². The Hall–Kier alpha value is -1.24. The number of hydrogen-bond acceptors (Lipinski definition) is 3. The van der Waals surface area contributed by atoms with E-state index < -0.39 is 0 Å². The molecule has 0 unspecified atom stereocenters. The Balaban J connectivity index is 1.92. The normalized spacial score (nSPS) is 15.1. The second-order valence-electron chi connectivity index (χ2n) is 5.72. The lowest BCUT2D eigenvalue weighted by Gasteiger charge is -2.19. The quantitative estimate of drug-likeness (QED) is 0.728. The zero-order valence-electron chi connectivity index (χ0n) is 12.0. The molecule has 0 atom stereocenters. The largest absolute Gasteiger partial charge is 0.468 e. The lowest BCUT2D eigenvalue weighted by molar-refractivity contribution is 0.260. The third-order valence-electron chi connectivity index (χ3n) is 3.43. The highest BCUT2D eigenvalue weighted by Crippen LogP contribution is 2.30. The second kappa shape index (κ2) is 6.79. The van der Waals surface area contributed by atoms with Crippen LogP contribution in [0.5, 0.6) is 0 Å². The predicted octanol–water partition coefficient (Wildman–Crippen LogP) is 2.62. The number of nitrogens with one attached hydrogen (secondary N) is 1. The standard InChI is InChI=1S/C16H24N2O/c1-4-8-18(11-14-5-6-14)12-16-15(7-9-19-16)10-17-13(2)3/h1,7,9,13-14,17H,5-6,8,10-12H2,2-3H3. The van der Waals surface area contributed by atoms with E-state index in [-0.39, 0.29) is 0 Å². The molecule has 1 aliphatic rings. The van der Waals surface area contributed by atoms with E-state index in [1.807, 2.05) is 0 Å². The highest BCUT2D eigenvalue weighted by molar-refractivity contribution is 5.17. The molecule has 1 N–H and O–H groups in total. The first-order valence-corrected chi connectivity index (χ1v) is 7.13. The van der Waals surface area contributed by atoms with Gasteiger partial charge in [-0.25, -0.2) is 0 Å². The first-order valence-electron chi connectivity index (χ1n) is 7.13. The fraction of sp³-hybridized carbons (Fsp3) is 0.625. The van der Waals surface area contributed by atoms with Crippen LogP contribution < -0.4 is 5.32 Å². The molecule has 0 aromatic carbocycles. The van der Waals surface area contributed by atoms with Crippen molar-refractivity contribution in [1.29, 1.82) is 0 Å². The van der Waals surface area contributed by atoms with Gasteiger partial charge >= 0.3 is 0 Å². The van der Waals surface area contributed by atoms with Crippen LogP contribution in [0.1, 0.15) is 38.0 Å². The van der Waals surface area contributed by atoms with E-state index in [4.69, 9.17) is 10.8 Å². The van der Waals surface area contributed by atoms with E-state index in [1.54, 1.807) is 6.26 Å². The highest BCUT2D eigenvalue weighted by Gasteiger charge is 2.24. The van der Waals surface area contributed by atoms with Crippen LogP contribution in [0.25, 0.3) is 0 Å². The number of hydrogen-bond donors (Lipinski definition) is 1. The molecule has 1 saturated carbocycles. The van der Waals surface area contributed by atoms with Crippen LogP contribution in [0.2, 0.25) is 0 Å². The minimum absolute atomic E-state index is 0.482. The van der Waals surface area contributed by atoms with Crippen molar-refractivity contribution in [2.24, 2.45) is 5.92 Å². The average Bonchev–Trinajstić information content (AvgIpc) is 3.05. The van der Waals surface area contributed by atoms with Crippen LogP contribution in [0.3, 0.4) is 0 Å². The van der Waals surface area contributed by atoms with Crippen LogP contribution in [0.4, 0.5) is 0 Å². The summed E-state index contributed by atoms with van der Waals surface area (Å²) in [5.74, 6) is 4.64. The maximum Gasteiger partial charge on any atom is 0.122 e. The third kappa shape index (κ3) is 4.74. The minimum atomic E-state index is 0.482. The molecule has 104 valence electrons. The summed E-state index contributed by atoms with van der Waals surface area (Å²) in [4.78, 5) is 2.31. The van der Waals surface area contributed by atoms with E-state index in [0.717, 1.165) is 31.3 Å². The van der Waals surface area contributed by atoms with Gasteiger partial charge in [-0.15, -0.1) is 6.42 Å². The van der Waals surface area contributed by atoms with Crippen molar-refractivity contribution in [1.82, 2.24) is 10.2 Å². The number of nitrogens with zero attached hydrogens (tertiary/aromatic N) is 1. The Bertz CT molecular complexity index is 426. The summed E-state index contributed by atoms with van der Waals surface area (Å²) >= 11 is 0. The number of terminal acetylenes is 1. The lowest BCUT2D eigenvalue weighted by atomic mass is 10.2. The molecule has 1 fully saturated rings. The molecule has 1 aliphatic carbocycles. The average molecular weight is 260 g/mol. The molecule has 2 rings (SSSR count). The smallest absolute Gasteiger partial charge is 0.122 e. The number of furan rings is 1. The topological polar surface area (TPSA) is 28.4 Å². The molecule has 3 nitrogen and oxygen atoms in total. The Morgan fingerprint density at radius 1 is 1.53 bits per heavy atom. The Morgan fingerprint density at radius 2 is 2.32 bits per heavy atom. The van der Waals surface area contributed by atoms with Crippen molar-refractivity contribution < 1.29 is 4.42 Å². The van der Waals surface area contributed by atoms with Gasteiger partial charge in [-0.05, 0) is 24.8 Å². The van der Waals surface area contributed by atoms with Crippen LogP contribution in [0, 0.1) is 18.3 Å². The molecule has 1 heterocycles. The summed E-state index contributed by atoms with van der Waals surface area (Å²) in [5.41, 5.74) is 1.24. The Kier molecular flexibility index (Phi) is 5.07. The molecule has 0 radical (unpaired) electrons. The van der Waals surface area contributed by atoms with Gasteiger partial charge in [-0.1, -0.05) is 19.8 Å². The fourth-order valence-electron chi connectivity index (χ4n) is 2.16. The summed E-state index contributed by atoms with van der Waals surface area (Å²) in [6.07, 6.45) is 9.93. The summed E-state index contributed by atoms with van der Waals surface area (Å²) in [7, 11) is 0. The van der Waals surface area contributed by atoms with E-state index in [2.05, 4.69) is 36.1 Å². The highest BCUT2D eigenvalue weighted by atomic mass is 16.3. The molecule has 0 amide bonds. The molecule has 19 heavy (non-hydrogen) atoms. The summed E-state index contributed by atoms with van der Waals surface area (Å²) in [6.45, 7) is 7.78. The van der Waals surface area contributed by atoms with Gasteiger partial charge < -0.3 is 9.73 Å². The lowest BCUT2D eigenvalue weighted by Crippen LogP contribution is -2.27. The molecule has 3 heteroatoms. The van der Waals surface area contributed by atoms with Crippen LogP contribution >= 0.6 is 0 Å². The number of rotatable bonds is 8. The second-order valence-corrected chi connectivity index (χ2v) is 5.72. The van der Waals surface area contributed by atoms with Crippen LogP contribution in [-0.4, -0.2) is 24.0 Å². The zero-order valence-corrected chi connectivity index (χ0v) is 12.0. The van der Waals surface area contributed by atoms with E-state index in [9.17, 15) is 0 Å². The van der Waals surface area contributed by atoms with Gasteiger partial charge in [-0.2, -0.15) is 0 Å². The van der Waals surface area contributed by atoms with E-state index in [1.165, 1.54) is 18.4 Å². The van der Waals surface area contributed by atoms with E-state index >= 15 is 0 Å². The minimum Gasteiger partial charge on any atom is -0.468 e. The van der Waals surface area contributed by atoms with Crippen molar-refractivity contribution in [2.45, 2.75) is 45.8 Å². The molecule has 0 bridgehead atoms. The first-order chi connectivity index (χ1) is 9.19. The van der Waals surface area contributed by atoms with Gasteiger partial charge in [0.15, 0.2) is 0 Å². The van der Waals surface area contributed by atoms with Crippen molar-refractivity contribution in [3.8, 4) is 12.3 Å². The summed E-state index contributed by atoms with van der Waals surface area (Å²) < 4.78 is 5.63. The van der Waals surface area contributed by atoms with Crippen molar-refractivity contribution in [3.63, 3.8) is 0 Å². The molecule has 0 aliphatic heterocycles. The molecule has 1 aromatic heterocycles. The fourth-order valence-corrected chi connectivity index (χ4v) is 2.16. The Morgan fingerprint density at radius 3 is 2.95 bits per heavy atom. The summed E-state index contributed by atoms with van der Waals surface area (Å²) in [6, 6.07) is 2.53. The van der Waals surface area contributed by atoms with Gasteiger partial charge in [0, 0.05) is 24.7 Å². The van der Waals surface area contributed by atoms with Crippen molar-refractivity contribution in [3.05, 3.63) is 23.7 Å². The van der Waals surface area contributed by atoms with Gasteiger partial charge in [0.1, 0.15) is 5.76 Å². The third-order valence-corrected chi connectivity index (χ3v) is 3.43. The van der Waals surface area contributed by atoms with Crippen LogP contribution in [0.15, 0.2) is 16.7 Å². The maximum absolute atomic E-state index is 5.63. The van der Waals surface area contributed by atoms with Crippen molar-refractivity contribution >= 4 is 0 Å². The van der Waals surface area contributed by atoms with Gasteiger partial charge in [-0.3, -0.25) is 4.90 Å². The summed E-state index contributed by atoms with van der Waals surface area (Å²) in [5, 5.41) is 3.43. The van der Waals surface area contributed by atoms with Crippen molar-refractivity contribution in [2.75, 3.05) is 13.1 Å². The molecule has 0 saturated heterocycles. The Labute approximate surface area is 116 Å². The first kappa shape index (κ1) is 14.2. The van der Waals surface area contributed by atoms with Gasteiger partial charge in [0.2, 0.25) is 0 Å². The molecular formula is C16H24N2O. The van der Waals surface area contributed by atoms with Gasteiger partial charge in [0.05, 0.1) is 19.4 Å². The molecule has 1 aromatic rings. The van der Waals surface area contributed by atoms with Crippen LogP contribution in [-0.2, 0) is 13.1 Å². The predicted molar refractivity (Wildman–Crippen MR) is 77.5 cm³/mol. The monoisotopic (exact) mass is 260 g/mol. The SMILES string of the molecule is C#CCN(Cc1occc1CNC(C)C)CC1CC1. The zero-order chi connectivity index (χ0) is 13.7. The van der Waals surface area contributed by atoms with Gasteiger partial charge in [0.25, 0.3) is 0 Å². The molecular weight excluding hydrogens is 236 g/mol. The molecule has 0 spiro atoms.